The summed E-state index contributed by atoms with van der Waals surface area (Å²) in [6, 6.07) is 22.2. The van der Waals surface area contributed by atoms with Crippen LogP contribution in [0.1, 0.15) is 24.5 Å². The zero-order valence-electron chi connectivity index (χ0n) is 21.3. The molecule has 2 amide bonds. The number of benzene rings is 3. The van der Waals surface area contributed by atoms with Crippen LogP contribution in [0.4, 0.5) is 5.69 Å². The van der Waals surface area contributed by atoms with Crippen molar-refractivity contribution < 1.29 is 18.0 Å². The molecule has 0 saturated carbocycles. The molecule has 1 atom stereocenters. The standard InChI is InChI=1S/C28H31Cl2N3O4S/c1-3-16-31-28(35)26(17-21-10-6-4-7-11-21)32(19-22-12-8-5-9-13-22)27(34)20-33(38(2,36)37)25-15-14-23(29)18-24(25)30/h4-15,18,26H,3,16-17,19-20H2,1-2H3,(H,31,35)/t26-/m1/s1. The molecule has 0 aromatic heterocycles. The minimum Gasteiger partial charge on any atom is -0.354 e. The number of halogens is 2. The van der Waals surface area contributed by atoms with Crippen LogP contribution in [0.25, 0.3) is 0 Å². The van der Waals surface area contributed by atoms with Gasteiger partial charge in [-0.15, -0.1) is 0 Å². The van der Waals surface area contributed by atoms with Gasteiger partial charge in [0.2, 0.25) is 21.8 Å². The topological polar surface area (TPSA) is 86.8 Å². The van der Waals surface area contributed by atoms with Crippen LogP contribution in [0.5, 0.6) is 0 Å². The number of hydrogen-bond donors (Lipinski definition) is 1. The molecule has 202 valence electrons. The summed E-state index contributed by atoms with van der Waals surface area (Å²) in [5, 5.41) is 3.33. The smallest absolute Gasteiger partial charge is 0.244 e. The Kier molecular flexibility index (Phi) is 10.6. The molecular weight excluding hydrogens is 545 g/mol. The third-order valence-corrected chi connectivity index (χ3v) is 7.54. The number of nitrogens with zero attached hydrogens (tertiary/aromatic N) is 2. The molecule has 38 heavy (non-hydrogen) atoms. The van der Waals surface area contributed by atoms with Crippen molar-refractivity contribution in [3.8, 4) is 0 Å². The monoisotopic (exact) mass is 575 g/mol. The van der Waals surface area contributed by atoms with Gasteiger partial charge in [-0.3, -0.25) is 13.9 Å². The first-order valence-electron chi connectivity index (χ1n) is 12.2. The number of nitrogens with one attached hydrogen (secondary N) is 1. The van der Waals surface area contributed by atoms with Crippen molar-refractivity contribution in [2.45, 2.75) is 32.4 Å². The predicted molar refractivity (Wildman–Crippen MR) is 153 cm³/mol. The highest BCUT2D eigenvalue weighted by atomic mass is 35.5. The van der Waals surface area contributed by atoms with Gasteiger partial charge in [-0.1, -0.05) is 90.8 Å². The lowest BCUT2D eigenvalue weighted by Gasteiger charge is -2.33. The molecule has 0 heterocycles. The second-order valence-corrected chi connectivity index (χ2v) is 11.6. The number of anilines is 1. The summed E-state index contributed by atoms with van der Waals surface area (Å²) in [6.45, 7) is 1.97. The van der Waals surface area contributed by atoms with Gasteiger partial charge >= 0.3 is 0 Å². The van der Waals surface area contributed by atoms with Gasteiger partial charge in [-0.05, 0) is 35.7 Å². The van der Waals surface area contributed by atoms with E-state index in [0.29, 0.717) is 11.6 Å². The zero-order chi connectivity index (χ0) is 27.7. The number of carbonyl (C=O) groups is 2. The maximum atomic E-state index is 13.9. The van der Waals surface area contributed by atoms with E-state index < -0.39 is 28.5 Å². The molecule has 0 fully saturated rings. The van der Waals surface area contributed by atoms with Crippen LogP contribution in [-0.2, 0) is 32.6 Å². The van der Waals surface area contributed by atoms with Crippen LogP contribution >= 0.6 is 23.2 Å². The van der Waals surface area contributed by atoms with Gasteiger partial charge in [0.25, 0.3) is 0 Å². The molecule has 0 aliphatic carbocycles. The molecule has 0 spiro atoms. The van der Waals surface area contributed by atoms with Crippen molar-refractivity contribution in [1.82, 2.24) is 10.2 Å². The van der Waals surface area contributed by atoms with E-state index in [-0.39, 0.29) is 29.6 Å². The Labute approximate surface area is 234 Å². The van der Waals surface area contributed by atoms with Gasteiger partial charge in [0, 0.05) is 24.5 Å². The Balaban J connectivity index is 2.04. The predicted octanol–water partition coefficient (Wildman–Crippen LogP) is 4.93. The van der Waals surface area contributed by atoms with Crippen molar-refractivity contribution in [3.05, 3.63) is 100 Å². The van der Waals surface area contributed by atoms with Crippen molar-refractivity contribution in [2.75, 3.05) is 23.7 Å². The Hall–Kier alpha value is -3.07. The van der Waals surface area contributed by atoms with E-state index in [1.165, 1.54) is 23.1 Å². The van der Waals surface area contributed by atoms with Crippen molar-refractivity contribution >= 4 is 50.7 Å². The van der Waals surface area contributed by atoms with Gasteiger partial charge in [-0.25, -0.2) is 8.42 Å². The van der Waals surface area contributed by atoms with Crippen molar-refractivity contribution in [3.63, 3.8) is 0 Å². The van der Waals surface area contributed by atoms with Gasteiger partial charge in [-0.2, -0.15) is 0 Å². The first kappa shape index (κ1) is 29.5. The average Bonchev–Trinajstić information content (AvgIpc) is 2.88. The summed E-state index contributed by atoms with van der Waals surface area (Å²) in [7, 11) is -3.92. The van der Waals surface area contributed by atoms with E-state index in [0.717, 1.165) is 28.1 Å². The number of carbonyl (C=O) groups excluding carboxylic acids is 2. The summed E-state index contributed by atoms with van der Waals surface area (Å²) in [6.07, 6.45) is 1.99. The Morgan fingerprint density at radius 2 is 1.53 bits per heavy atom. The Bertz CT molecular complexity index is 1340. The van der Waals surface area contributed by atoms with E-state index in [9.17, 15) is 18.0 Å². The minimum absolute atomic E-state index is 0.0897. The van der Waals surface area contributed by atoms with Crippen LogP contribution in [-0.4, -0.2) is 50.5 Å². The summed E-state index contributed by atoms with van der Waals surface area (Å²) >= 11 is 12.3. The highest BCUT2D eigenvalue weighted by Gasteiger charge is 2.33. The molecule has 3 aromatic rings. The summed E-state index contributed by atoms with van der Waals surface area (Å²) in [5.41, 5.74) is 1.80. The highest BCUT2D eigenvalue weighted by Crippen LogP contribution is 2.30. The number of amides is 2. The average molecular weight is 577 g/mol. The normalized spacial score (nSPS) is 12.0. The van der Waals surface area contributed by atoms with Crippen LogP contribution in [0.15, 0.2) is 78.9 Å². The van der Waals surface area contributed by atoms with E-state index in [4.69, 9.17) is 23.2 Å². The fourth-order valence-electron chi connectivity index (χ4n) is 3.98. The first-order chi connectivity index (χ1) is 18.1. The fraction of sp³-hybridized carbons (Fsp3) is 0.286. The van der Waals surface area contributed by atoms with Gasteiger partial charge < -0.3 is 10.2 Å². The SMILES string of the molecule is CCCNC(=O)[C@@H](Cc1ccccc1)N(Cc1ccccc1)C(=O)CN(c1ccc(Cl)cc1Cl)S(C)(=O)=O. The summed E-state index contributed by atoms with van der Waals surface area (Å²) in [4.78, 5) is 28.8. The number of sulfonamides is 1. The van der Waals surface area contributed by atoms with Crippen molar-refractivity contribution in [1.29, 1.82) is 0 Å². The maximum absolute atomic E-state index is 13.9. The second-order valence-electron chi connectivity index (χ2n) is 8.87. The van der Waals surface area contributed by atoms with E-state index in [2.05, 4.69) is 5.32 Å². The quantitative estimate of drug-likeness (QED) is 0.332. The molecule has 0 aliphatic rings. The van der Waals surface area contributed by atoms with Gasteiger partial charge in [0.1, 0.15) is 12.6 Å². The van der Waals surface area contributed by atoms with E-state index in [1.807, 2.05) is 67.6 Å². The van der Waals surface area contributed by atoms with Crippen molar-refractivity contribution in [2.24, 2.45) is 0 Å². The van der Waals surface area contributed by atoms with E-state index in [1.54, 1.807) is 0 Å². The molecule has 0 bridgehead atoms. The van der Waals surface area contributed by atoms with Crippen LogP contribution in [0, 0.1) is 0 Å². The molecular formula is C28H31Cl2N3O4S. The third kappa shape index (κ3) is 8.21. The summed E-state index contributed by atoms with van der Waals surface area (Å²) in [5.74, 6) is -0.853. The molecule has 0 unspecified atom stereocenters. The lowest BCUT2D eigenvalue weighted by molar-refractivity contribution is -0.140. The second kappa shape index (κ2) is 13.6. The lowest BCUT2D eigenvalue weighted by Crippen LogP contribution is -2.53. The third-order valence-electron chi connectivity index (χ3n) is 5.87. The lowest BCUT2D eigenvalue weighted by atomic mass is 10.0. The highest BCUT2D eigenvalue weighted by molar-refractivity contribution is 7.92. The summed E-state index contributed by atoms with van der Waals surface area (Å²) < 4.78 is 26.6. The van der Waals surface area contributed by atoms with Crippen LogP contribution < -0.4 is 9.62 Å². The number of hydrogen-bond acceptors (Lipinski definition) is 4. The molecule has 3 aromatic carbocycles. The fourth-order valence-corrected chi connectivity index (χ4v) is 5.40. The van der Waals surface area contributed by atoms with Crippen LogP contribution in [0.2, 0.25) is 10.0 Å². The van der Waals surface area contributed by atoms with E-state index >= 15 is 0 Å². The largest absolute Gasteiger partial charge is 0.354 e. The molecule has 10 heteroatoms. The molecule has 0 radical (unpaired) electrons. The maximum Gasteiger partial charge on any atom is 0.244 e. The molecule has 3 rings (SSSR count). The van der Waals surface area contributed by atoms with Gasteiger partial charge in [0.15, 0.2) is 0 Å². The molecule has 0 saturated heterocycles. The number of rotatable bonds is 12. The first-order valence-corrected chi connectivity index (χ1v) is 14.8. The molecule has 7 nitrogen and oxygen atoms in total. The molecule has 1 N–H and O–H groups in total. The Morgan fingerprint density at radius 3 is 2.08 bits per heavy atom. The molecule has 0 aliphatic heterocycles. The van der Waals surface area contributed by atoms with Gasteiger partial charge in [0.05, 0.1) is 17.0 Å². The minimum atomic E-state index is -3.92. The Morgan fingerprint density at radius 1 is 0.921 bits per heavy atom. The van der Waals surface area contributed by atoms with Crippen LogP contribution in [0.3, 0.4) is 0 Å². The zero-order valence-corrected chi connectivity index (χ0v) is 23.6.